The molecule has 0 aliphatic heterocycles. The molecule has 7 nitrogen and oxygen atoms in total. The number of halogens is 1. The van der Waals surface area contributed by atoms with Gasteiger partial charge in [0.25, 0.3) is 7.37 Å². The van der Waals surface area contributed by atoms with Gasteiger partial charge >= 0.3 is 5.97 Å². The Labute approximate surface area is 209 Å². The van der Waals surface area contributed by atoms with Crippen molar-refractivity contribution < 1.29 is 46.9 Å². The van der Waals surface area contributed by atoms with E-state index >= 15 is 0 Å². The Morgan fingerprint density at radius 1 is 1.03 bits per heavy atom. The van der Waals surface area contributed by atoms with Crippen LogP contribution in [0.2, 0.25) is 0 Å². The van der Waals surface area contributed by atoms with Gasteiger partial charge in [-0.05, 0) is 29.6 Å². The van der Waals surface area contributed by atoms with Crippen LogP contribution in [0.4, 0.5) is 0 Å². The molecule has 0 heterocycles. The highest BCUT2D eigenvalue weighted by atomic mass is 79.9. The van der Waals surface area contributed by atoms with Crippen LogP contribution < -0.4 is 28.0 Å². The maximum absolute atomic E-state index is 13.1. The van der Waals surface area contributed by atoms with Gasteiger partial charge in [-0.2, -0.15) is 11.8 Å². The molecule has 1 unspecified atom stereocenters. The van der Waals surface area contributed by atoms with E-state index in [0.717, 1.165) is 11.1 Å². The van der Waals surface area contributed by atoms with Crippen molar-refractivity contribution in [3.63, 3.8) is 0 Å². The quantitative estimate of drug-likeness (QED) is 0.239. The predicted molar refractivity (Wildman–Crippen MR) is 128 cm³/mol. The van der Waals surface area contributed by atoms with Crippen molar-refractivity contribution in [1.82, 2.24) is 5.32 Å². The molecule has 0 spiro atoms. The van der Waals surface area contributed by atoms with Crippen LogP contribution >= 0.6 is 19.1 Å². The molecule has 6 N–H and O–H groups in total. The van der Waals surface area contributed by atoms with E-state index in [9.17, 15) is 24.2 Å². The Hall–Kier alpha value is -1.64. The first-order chi connectivity index (χ1) is 15.2. The second-order valence-corrected chi connectivity index (χ2v) is 11.4. The van der Waals surface area contributed by atoms with Crippen LogP contribution in [0.25, 0.3) is 0 Å². The molecule has 2 aromatic carbocycles. The number of carbonyl (C=O) groups is 2. The topological polar surface area (TPSA) is 131 Å². The van der Waals surface area contributed by atoms with Crippen LogP contribution in [-0.2, 0) is 27.0 Å². The van der Waals surface area contributed by atoms with Gasteiger partial charge in [0.1, 0.15) is 6.04 Å². The highest BCUT2D eigenvalue weighted by Gasteiger charge is 2.37. The van der Waals surface area contributed by atoms with Crippen molar-refractivity contribution >= 4 is 31.0 Å². The first kappa shape index (κ1) is 29.4. The molecule has 2 rings (SSSR count). The van der Waals surface area contributed by atoms with Crippen LogP contribution in [0, 0.1) is 5.92 Å². The smallest absolute Gasteiger partial charge is 0.326 e. The third-order valence-electron chi connectivity index (χ3n) is 5.30. The van der Waals surface area contributed by atoms with Crippen molar-refractivity contribution in [2.45, 2.75) is 31.1 Å². The summed E-state index contributed by atoms with van der Waals surface area (Å²) < 4.78 is 13.0. The lowest BCUT2D eigenvalue weighted by molar-refractivity contribution is -0.391. The number of carboxylic acids is 1. The number of carbonyl (C=O) groups excluding carboxylic acids is 1. The molecule has 33 heavy (non-hydrogen) atoms. The number of hydrogen-bond acceptors (Lipinski definition) is 4. The summed E-state index contributed by atoms with van der Waals surface area (Å²) in [6.45, 7) is 0. The van der Waals surface area contributed by atoms with E-state index in [1.807, 2.05) is 42.7 Å². The van der Waals surface area contributed by atoms with Crippen LogP contribution in [0.1, 0.15) is 17.5 Å². The fourth-order valence-corrected chi connectivity index (χ4v) is 5.85. The minimum atomic E-state index is -3.73. The third kappa shape index (κ3) is 10.0. The summed E-state index contributed by atoms with van der Waals surface area (Å²) in [6.07, 6.45) is 2.51. The van der Waals surface area contributed by atoms with Crippen molar-refractivity contribution in [2.24, 2.45) is 5.92 Å². The van der Waals surface area contributed by atoms with Gasteiger partial charge in [-0.15, -0.1) is 0 Å². The lowest BCUT2D eigenvalue weighted by Gasteiger charge is -2.24. The third-order valence-corrected chi connectivity index (χ3v) is 8.31. The Morgan fingerprint density at radius 2 is 1.55 bits per heavy atom. The van der Waals surface area contributed by atoms with Crippen LogP contribution in [-0.4, -0.2) is 51.9 Å². The number of aliphatic carboxylic acids is 1. The van der Waals surface area contributed by atoms with Crippen LogP contribution in [0.3, 0.4) is 0 Å². The molecule has 10 heteroatoms. The van der Waals surface area contributed by atoms with E-state index in [1.165, 1.54) is 0 Å². The SMILES string of the molecule is CSCC[C@H]([NH3+])P(=O)(O)C[C@@H](Cc1ccccc1)C(=O)N[C@@H](Cc1ccccc1)C(=O)O.[Br-]. The zero-order valence-corrected chi connectivity index (χ0v) is 21.9. The predicted octanol–water partition coefficient (Wildman–Crippen LogP) is -0.747. The molecule has 0 aliphatic carbocycles. The van der Waals surface area contributed by atoms with Crippen LogP contribution in [0.15, 0.2) is 60.7 Å². The lowest BCUT2D eigenvalue weighted by Crippen LogP contribution is -3.00. The molecule has 0 radical (unpaired) electrons. The summed E-state index contributed by atoms with van der Waals surface area (Å²) in [6, 6.07) is 17.1. The number of rotatable bonds is 13. The van der Waals surface area contributed by atoms with Gasteiger partial charge < -0.3 is 38.0 Å². The molecule has 182 valence electrons. The fraction of sp³-hybridized carbons (Fsp3) is 0.391. The van der Waals surface area contributed by atoms with Gasteiger partial charge in [-0.3, -0.25) is 9.36 Å². The van der Waals surface area contributed by atoms with Gasteiger partial charge in [0.15, 0.2) is 5.78 Å². The minimum Gasteiger partial charge on any atom is -1.00 e. The number of benzene rings is 2. The van der Waals surface area contributed by atoms with Gasteiger partial charge in [0.2, 0.25) is 5.91 Å². The Balaban J connectivity index is 0.00000544. The Bertz CT molecular complexity index is 920. The molecule has 1 amide bonds. The number of carboxylic acid groups (broad SMARTS) is 1. The highest BCUT2D eigenvalue weighted by molar-refractivity contribution is 7.98. The second kappa shape index (κ2) is 14.6. The van der Waals surface area contributed by atoms with E-state index in [2.05, 4.69) is 11.1 Å². The number of thioether (sulfide) groups is 1. The molecular weight excluding hydrogens is 527 g/mol. The van der Waals surface area contributed by atoms with Crippen molar-refractivity contribution in [2.75, 3.05) is 18.2 Å². The number of nitrogens with one attached hydrogen (secondary N) is 1. The molecule has 0 aromatic heterocycles. The summed E-state index contributed by atoms with van der Waals surface area (Å²) in [4.78, 5) is 35.6. The second-order valence-electron chi connectivity index (χ2n) is 7.85. The summed E-state index contributed by atoms with van der Waals surface area (Å²) >= 11 is 1.57. The molecule has 2 aromatic rings. The van der Waals surface area contributed by atoms with Crippen molar-refractivity contribution in [3.05, 3.63) is 71.8 Å². The summed E-state index contributed by atoms with van der Waals surface area (Å²) in [5.41, 5.74) is 5.48. The van der Waals surface area contributed by atoms with E-state index in [1.54, 1.807) is 36.0 Å². The van der Waals surface area contributed by atoms with Gasteiger partial charge in [-0.1, -0.05) is 60.7 Å². The fourth-order valence-electron chi connectivity index (χ4n) is 3.40. The number of hydrogen-bond donors (Lipinski definition) is 4. The van der Waals surface area contributed by atoms with Gasteiger partial charge in [0, 0.05) is 19.0 Å². The maximum Gasteiger partial charge on any atom is 0.326 e. The Kier molecular flexibility index (Phi) is 13.0. The normalized spacial score (nSPS) is 15.4. The molecule has 0 saturated carbocycles. The molecule has 4 atom stereocenters. The van der Waals surface area contributed by atoms with Gasteiger partial charge in [0.05, 0.1) is 5.92 Å². The summed E-state index contributed by atoms with van der Waals surface area (Å²) in [7, 11) is -3.73. The minimum absolute atomic E-state index is 0. The van der Waals surface area contributed by atoms with E-state index in [-0.39, 0.29) is 36.0 Å². The molecular formula is C23H32BrN2O5PS. The number of quaternary nitrogens is 1. The molecule has 0 fully saturated rings. The molecule has 0 aliphatic rings. The van der Waals surface area contributed by atoms with E-state index in [4.69, 9.17) is 0 Å². The first-order valence-corrected chi connectivity index (χ1v) is 13.8. The maximum atomic E-state index is 13.1. The number of amides is 1. The largest absolute Gasteiger partial charge is 1.00 e. The van der Waals surface area contributed by atoms with Crippen molar-refractivity contribution in [3.8, 4) is 0 Å². The first-order valence-electron chi connectivity index (χ1n) is 10.5. The summed E-state index contributed by atoms with van der Waals surface area (Å²) in [5, 5.41) is 12.2. The molecule has 0 saturated heterocycles. The van der Waals surface area contributed by atoms with E-state index < -0.39 is 37.0 Å². The zero-order valence-electron chi connectivity index (χ0n) is 18.6. The monoisotopic (exact) mass is 558 g/mol. The van der Waals surface area contributed by atoms with E-state index in [0.29, 0.717) is 12.2 Å². The van der Waals surface area contributed by atoms with Crippen molar-refractivity contribution in [1.29, 1.82) is 0 Å². The molecule has 0 bridgehead atoms. The van der Waals surface area contributed by atoms with Crippen LogP contribution in [0.5, 0.6) is 0 Å². The van der Waals surface area contributed by atoms with Gasteiger partial charge in [-0.25, -0.2) is 4.79 Å². The zero-order chi connectivity index (χ0) is 23.6. The average molecular weight is 559 g/mol. The average Bonchev–Trinajstić information content (AvgIpc) is 2.77. The lowest BCUT2D eigenvalue weighted by atomic mass is 9.99. The standard InChI is InChI=1S/C23H31N2O5PS.BrH/c1-32-13-12-21(24)31(29,30)16-19(14-17-8-4-2-5-9-17)22(26)25-20(23(27)28)15-18-10-6-3-7-11-18;/h2-11,19-21H,12-16,24H2,1H3,(H,25,26)(H,27,28)(H,29,30);1H/t19-,20+,21-;/m1./s1. The summed E-state index contributed by atoms with van der Waals surface area (Å²) in [5.74, 6) is -2.51. The Morgan fingerprint density at radius 3 is 2.03 bits per heavy atom. The highest BCUT2D eigenvalue weighted by Crippen LogP contribution is 2.46.